The molecule has 3 rings (SSSR count). The Hall–Kier alpha value is -1.84. The highest BCUT2D eigenvalue weighted by atomic mass is 16.2. The molecule has 0 aromatic heterocycles. The van der Waals surface area contributed by atoms with Gasteiger partial charge < -0.3 is 9.80 Å². The van der Waals surface area contributed by atoms with E-state index in [4.69, 9.17) is 0 Å². The van der Waals surface area contributed by atoms with Crippen LogP contribution in [0, 0.1) is 0 Å². The van der Waals surface area contributed by atoms with Gasteiger partial charge in [0.15, 0.2) is 0 Å². The molecule has 0 spiro atoms. The maximum absolute atomic E-state index is 11.8. The van der Waals surface area contributed by atoms with E-state index < -0.39 is 0 Å². The highest BCUT2D eigenvalue weighted by molar-refractivity contribution is 5.77. The smallest absolute Gasteiger partial charge is 0.222 e. The van der Waals surface area contributed by atoms with E-state index in [1.807, 2.05) is 23.6 Å². The summed E-state index contributed by atoms with van der Waals surface area (Å²) in [4.78, 5) is 27.4. The molecule has 2 aliphatic rings. The zero-order valence-electron chi connectivity index (χ0n) is 12.1. The molecular formula is C16H20N2O2. The quantitative estimate of drug-likeness (QED) is 0.828. The molecule has 0 unspecified atom stereocenters. The second-order valence-electron chi connectivity index (χ2n) is 5.60. The van der Waals surface area contributed by atoms with Gasteiger partial charge in [0.2, 0.25) is 11.8 Å². The molecule has 0 saturated heterocycles. The van der Waals surface area contributed by atoms with Gasteiger partial charge in [-0.2, -0.15) is 0 Å². The Morgan fingerprint density at radius 1 is 0.800 bits per heavy atom. The Labute approximate surface area is 119 Å². The molecule has 1 aromatic carbocycles. The average molecular weight is 272 g/mol. The lowest BCUT2D eigenvalue weighted by molar-refractivity contribution is -0.132. The molecule has 1 aromatic rings. The van der Waals surface area contributed by atoms with Crippen LogP contribution in [0.3, 0.4) is 0 Å². The largest absolute Gasteiger partial charge is 0.334 e. The number of hydrogen-bond acceptors (Lipinski definition) is 2. The maximum atomic E-state index is 11.8. The molecule has 4 heteroatoms. The van der Waals surface area contributed by atoms with Gasteiger partial charge in [-0.25, -0.2) is 0 Å². The van der Waals surface area contributed by atoms with Crippen molar-refractivity contribution in [3.8, 4) is 0 Å². The standard InChI is InChI=1S/C16H20N2O2/c1-3-15(19)17-7-11-5-13-9-18(16(20)4-2)10-14(13)6-12(11)8-17/h5-6H,3-4,7-10H2,1-2H3. The average Bonchev–Trinajstić information content (AvgIpc) is 3.05. The first-order valence-corrected chi connectivity index (χ1v) is 7.31. The van der Waals surface area contributed by atoms with Crippen LogP contribution >= 0.6 is 0 Å². The van der Waals surface area contributed by atoms with Crippen LogP contribution in [0.5, 0.6) is 0 Å². The molecule has 2 amide bonds. The van der Waals surface area contributed by atoms with Crippen molar-refractivity contribution in [3.63, 3.8) is 0 Å². The van der Waals surface area contributed by atoms with Crippen molar-refractivity contribution in [2.24, 2.45) is 0 Å². The molecule has 0 saturated carbocycles. The molecule has 0 atom stereocenters. The number of amides is 2. The van der Waals surface area contributed by atoms with Crippen LogP contribution in [-0.2, 0) is 35.8 Å². The van der Waals surface area contributed by atoms with E-state index in [0.717, 1.165) is 26.2 Å². The fourth-order valence-electron chi connectivity index (χ4n) is 3.11. The number of fused-ring (bicyclic) bond motifs is 2. The SMILES string of the molecule is CCC(=O)N1Cc2cc3c(cc2C1)CN(C(=O)CC)C3. The molecule has 4 nitrogen and oxygen atoms in total. The lowest BCUT2D eigenvalue weighted by Crippen LogP contribution is -2.24. The van der Waals surface area contributed by atoms with Gasteiger partial charge in [-0.3, -0.25) is 9.59 Å². The van der Waals surface area contributed by atoms with Gasteiger partial charge in [0.25, 0.3) is 0 Å². The zero-order chi connectivity index (χ0) is 14.3. The van der Waals surface area contributed by atoms with E-state index in [2.05, 4.69) is 12.1 Å². The number of carbonyl (C=O) groups is 2. The van der Waals surface area contributed by atoms with Crippen LogP contribution in [-0.4, -0.2) is 21.6 Å². The number of hydrogen-bond donors (Lipinski definition) is 0. The summed E-state index contributed by atoms with van der Waals surface area (Å²) in [6.45, 7) is 6.68. The second kappa shape index (κ2) is 4.93. The minimum Gasteiger partial charge on any atom is -0.334 e. The monoisotopic (exact) mass is 272 g/mol. The molecule has 0 radical (unpaired) electrons. The van der Waals surface area contributed by atoms with Gasteiger partial charge >= 0.3 is 0 Å². The summed E-state index contributed by atoms with van der Waals surface area (Å²) in [7, 11) is 0. The third kappa shape index (κ3) is 2.09. The molecule has 0 N–H and O–H groups in total. The summed E-state index contributed by atoms with van der Waals surface area (Å²) in [5, 5.41) is 0. The van der Waals surface area contributed by atoms with Crippen LogP contribution in [0.2, 0.25) is 0 Å². The first-order chi connectivity index (χ1) is 9.62. The van der Waals surface area contributed by atoms with Gasteiger partial charge in [0.05, 0.1) is 0 Å². The fraction of sp³-hybridized carbons (Fsp3) is 0.500. The highest BCUT2D eigenvalue weighted by Gasteiger charge is 2.28. The second-order valence-corrected chi connectivity index (χ2v) is 5.60. The van der Waals surface area contributed by atoms with E-state index >= 15 is 0 Å². The van der Waals surface area contributed by atoms with Crippen LogP contribution in [0.4, 0.5) is 0 Å². The van der Waals surface area contributed by atoms with Crippen molar-refractivity contribution in [2.75, 3.05) is 0 Å². The molecule has 0 fully saturated rings. The summed E-state index contributed by atoms with van der Waals surface area (Å²) in [6, 6.07) is 4.38. The number of carbonyl (C=O) groups excluding carboxylic acids is 2. The molecule has 0 aliphatic carbocycles. The van der Waals surface area contributed by atoms with E-state index in [9.17, 15) is 9.59 Å². The first-order valence-electron chi connectivity index (χ1n) is 7.31. The Balaban J connectivity index is 1.81. The van der Waals surface area contributed by atoms with Crippen LogP contribution in [0.15, 0.2) is 12.1 Å². The normalized spacial score (nSPS) is 16.3. The molecule has 2 heterocycles. The lowest BCUT2D eigenvalue weighted by atomic mass is 10.0. The fourth-order valence-corrected chi connectivity index (χ4v) is 3.11. The van der Waals surface area contributed by atoms with Gasteiger partial charge in [0.1, 0.15) is 0 Å². The summed E-state index contributed by atoms with van der Waals surface area (Å²) in [6.07, 6.45) is 1.12. The molecule has 20 heavy (non-hydrogen) atoms. The van der Waals surface area contributed by atoms with Crippen molar-refractivity contribution in [2.45, 2.75) is 52.9 Å². The van der Waals surface area contributed by atoms with E-state index in [0.29, 0.717) is 12.8 Å². The molecule has 106 valence electrons. The van der Waals surface area contributed by atoms with Gasteiger partial charge in [-0.15, -0.1) is 0 Å². The van der Waals surface area contributed by atoms with Crippen LogP contribution in [0.25, 0.3) is 0 Å². The van der Waals surface area contributed by atoms with Crippen molar-refractivity contribution >= 4 is 11.8 Å². The zero-order valence-corrected chi connectivity index (χ0v) is 12.1. The minimum absolute atomic E-state index is 0.212. The van der Waals surface area contributed by atoms with Crippen molar-refractivity contribution < 1.29 is 9.59 Å². The number of rotatable bonds is 2. The molecule has 2 aliphatic heterocycles. The van der Waals surface area contributed by atoms with Gasteiger partial charge in [0, 0.05) is 39.0 Å². The summed E-state index contributed by atoms with van der Waals surface area (Å²) >= 11 is 0. The minimum atomic E-state index is 0.212. The van der Waals surface area contributed by atoms with Crippen molar-refractivity contribution in [1.29, 1.82) is 0 Å². The van der Waals surface area contributed by atoms with Crippen LogP contribution < -0.4 is 0 Å². The van der Waals surface area contributed by atoms with Crippen molar-refractivity contribution in [3.05, 3.63) is 34.4 Å². The lowest BCUT2D eigenvalue weighted by Gasteiger charge is -2.14. The predicted octanol–water partition coefficient (Wildman–Crippen LogP) is 2.19. The van der Waals surface area contributed by atoms with E-state index in [-0.39, 0.29) is 11.8 Å². The van der Waals surface area contributed by atoms with E-state index in [1.54, 1.807) is 0 Å². The summed E-state index contributed by atoms with van der Waals surface area (Å²) < 4.78 is 0. The van der Waals surface area contributed by atoms with Crippen LogP contribution in [0.1, 0.15) is 48.9 Å². The topological polar surface area (TPSA) is 40.6 Å². The Bertz CT molecular complexity index is 498. The predicted molar refractivity (Wildman–Crippen MR) is 75.5 cm³/mol. The first kappa shape index (κ1) is 13.2. The highest BCUT2D eigenvalue weighted by Crippen LogP contribution is 2.31. The molecular weight excluding hydrogens is 252 g/mol. The number of nitrogens with zero attached hydrogens (tertiary/aromatic N) is 2. The summed E-state index contributed by atoms with van der Waals surface area (Å²) in [5.74, 6) is 0.424. The Morgan fingerprint density at radius 3 is 1.35 bits per heavy atom. The maximum Gasteiger partial charge on any atom is 0.222 e. The Kier molecular flexibility index (Phi) is 3.24. The third-order valence-corrected chi connectivity index (χ3v) is 4.28. The van der Waals surface area contributed by atoms with Gasteiger partial charge in [-0.1, -0.05) is 26.0 Å². The Morgan fingerprint density at radius 2 is 1.10 bits per heavy atom. The van der Waals surface area contributed by atoms with E-state index in [1.165, 1.54) is 22.3 Å². The number of benzene rings is 1. The van der Waals surface area contributed by atoms with Crippen molar-refractivity contribution in [1.82, 2.24) is 9.80 Å². The van der Waals surface area contributed by atoms with Gasteiger partial charge in [-0.05, 0) is 22.3 Å². The molecule has 0 bridgehead atoms. The summed E-state index contributed by atoms with van der Waals surface area (Å²) in [5.41, 5.74) is 4.99. The third-order valence-electron chi connectivity index (χ3n) is 4.28.